The molecule has 5 heteroatoms. The second-order valence-corrected chi connectivity index (χ2v) is 3.83. The van der Waals surface area contributed by atoms with Gasteiger partial charge in [0.15, 0.2) is 0 Å². The summed E-state index contributed by atoms with van der Waals surface area (Å²) < 4.78 is 5.05. The molecular weight excluding hydrogens is 220 g/mol. The van der Waals surface area contributed by atoms with E-state index in [1.54, 1.807) is 12.6 Å². The number of ether oxygens (including phenoxy) is 1. The fourth-order valence-electron chi connectivity index (χ4n) is 1.10. The van der Waals surface area contributed by atoms with Gasteiger partial charge in [0, 0.05) is 5.56 Å². The van der Waals surface area contributed by atoms with Crippen molar-refractivity contribution in [2.45, 2.75) is 0 Å². The minimum absolute atomic E-state index is 0.584. The van der Waals surface area contributed by atoms with Gasteiger partial charge in [0.05, 0.1) is 12.1 Å². The largest absolute Gasteiger partial charge is 0.495 e. The van der Waals surface area contributed by atoms with Gasteiger partial charge >= 0.3 is 0 Å². The molecule has 1 heterocycles. The Morgan fingerprint density at radius 3 is 2.86 bits per heavy atom. The van der Waals surface area contributed by atoms with Crippen molar-refractivity contribution in [1.29, 1.82) is 0 Å². The van der Waals surface area contributed by atoms with E-state index < -0.39 is 0 Å². The van der Waals surface area contributed by atoms with Crippen LogP contribution in [0, 0.1) is 0 Å². The van der Waals surface area contributed by atoms with Gasteiger partial charge in [-0.1, -0.05) is 22.9 Å². The van der Waals surface area contributed by atoms with Crippen LogP contribution in [-0.2, 0) is 0 Å². The van der Waals surface area contributed by atoms with E-state index in [4.69, 9.17) is 16.3 Å². The molecule has 0 aliphatic rings. The number of hydrogen-bond donors (Lipinski definition) is 0. The molecule has 14 heavy (non-hydrogen) atoms. The predicted octanol–water partition coefficient (Wildman–Crippen LogP) is 2.87. The topological polar surface area (TPSA) is 35.0 Å². The van der Waals surface area contributed by atoms with Gasteiger partial charge in [-0.25, -0.2) is 0 Å². The molecule has 72 valence electrons. The standard InChI is InChI=1S/C9H7ClN2OS/c1-13-8-3-2-6(4-7(8)10)9-12-11-5-14-9/h2-5H,1H3. The van der Waals surface area contributed by atoms with E-state index in [2.05, 4.69) is 10.2 Å². The van der Waals surface area contributed by atoms with Crippen molar-refractivity contribution in [3.05, 3.63) is 28.7 Å². The third-order valence-corrected chi connectivity index (χ3v) is 2.79. The molecule has 0 spiro atoms. The van der Waals surface area contributed by atoms with Crippen LogP contribution in [0.4, 0.5) is 0 Å². The molecule has 0 saturated carbocycles. The molecule has 0 atom stereocenters. The van der Waals surface area contributed by atoms with Gasteiger partial charge in [-0.05, 0) is 18.2 Å². The third-order valence-electron chi connectivity index (χ3n) is 1.76. The van der Waals surface area contributed by atoms with Gasteiger partial charge in [0.1, 0.15) is 16.3 Å². The van der Waals surface area contributed by atoms with E-state index in [-0.39, 0.29) is 0 Å². The van der Waals surface area contributed by atoms with Crippen molar-refractivity contribution < 1.29 is 4.74 Å². The molecule has 0 aliphatic heterocycles. The van der Waals surface area contributed by atoms with E-state index >= 15 is 0 Å². The summed E-state index contributed by atoms with van der Waals surface area (Å²) in [6.07, 6.45) is 0. The first kappa shape index (κ1) is 9.43. The molecule has 2 aromatic rings. The number of rotatable bonds is 2. The highest BCUT2D eigenvalue weighted by molar-refractivity contribution is 7.12. The lowest BCUT2D eigenvalue weighted by Gasteiger charge is -2.03. The average Bonchev–Trinajstić information content (AvgIpc) is 2.70. The molecule has 2 rings (SSSR count). The van der Waals surface area contributed by atoms with E-state index in [1.807, 2.05) is 18.2 Å². The zero-order valence-corrected chi connectivity index (χ0v) is 8.97. The van der Waals surface area contributed by atoms with E-state index in [0.29, 0.717) is 10.8 Å². The Morgan fingerprint density at radius 1 is 1.43 bits per heavy atom. The van der Waals surface area contributed by atoms with Crippen LogP contribution in [0.5, 0.6) is 5.75 Å². The summed E-state index contributed by atoms with van der Waals surface area (Å²) in [5.41, 5.74) is 2.64. The summed E-state index contributed by atoms with van der Waals surface area (Å²) >= 11 is 7.45. The van der Waals surface area contributed by atoms with Gasteiger partial charge < -0.3 is 4.74 Å². The molecule has 1 aromatic carbocycles. The smallest absolute Gasteiger partial charge is 0.147 e. The first-order valence-electron chi connectivity index (χ1n) is 3.91. The van der Waals surface area contributed by atoms with Crippen molar-refractivity contribution in [3.8, 4) is 16.3 Å². The van der Waals surface area contributed by atoms with Crippen LogP contribution >= 0.6 is 22.9 Å². The van der Waals surface area contributed by atoms with Crippen LogP contribution in [0.25, 0.3) is 10.6 Å². The molecule has 0 aliphatic carbocycles. The van der Waals surface area contributed by atoms with Crippen molar-refractivity contribution in [3.63, 3.8) is 0 Å². The molecular formula is C9H7ClN2OS. The third kappa shape index (κ3) is 1.71. The maximum atomic E-state index is 5.98. The number of aromatic nitrogens is 2. The number of nitrogens with zero attached hydrogens (tertiary/aromatic N) is 2. The van der Waals surface area contributed by atoms with Crippen LogP contribution in [0.3, 0.4) is 0 Å². The fourth-order valence-corrected chi connectivity index (χ4v) is 1.91. The van der Waals surface area contributed by atoms with Crippen LogP contribution in [-0.4, -0.2) is 17.3 Å². The number of halogens is 1. The molecule has 0 radical (unpaired) electrons. The molecule has 0 bridgehead atoms. The summed E-state index contributed by atoms with van der Waals surface area (Å²) in [6.45, 7) is 0. The summed E-state index contributed by atoms with van der Waals surface area (Å²) in [5.74, 6) is 0.667. The maximum Gasteiger partial charge on any atom is 0.147 e. The van der Waals surface area contributed by atoms with Crippen LogP contribution in [0.2, 0.25) is 5.02 Å². The van der Waals surface area contributed by atoms with Gasteiger partial charge in [0.25, 0.3) is 0 Å². The molecule has 1 aromatic heterocycles. The fraction of sp³-hybridized carbons (Fsp3) is 0.111. The van der Waals surface area contributed by atoms with Gasteiger partial charge in [-0.2, -0.15) is 0 Å². The average molecular weight is 227 g/mol. The molecule has 3 nitrogen and oxygen atoms in total. The van der Waals surface area contributed by atoms with Crippen LogP contribution < -0.4 is 4.74 Å². The SMILES string of the molecule is COc1ccc(-c2nncs2)cc1Cl. The Bertz CT molecular complexity index is 430. The Labute approximate surface area is 90.3 Å². The van der Waals surface area contributed by atoms with Crippen molar-refractivity contribution in [1.82, 2.24) is 10.2 Å². The Kier molecular flexibility index (Phi) is 2.65. The lowest BCUT2D eigenvalue weighted by molar-refractivity contribution is 0.415. The summed E-state index contributed by atoms with van der Waals surface area (Å²) in [4.78, 5) is 0. The quantitative estimate of drug-likeness (QED) is 0.790. The number of hydrogen-bond acceptors (Lipinski definition) is 4. The van der Waals surface area contributed by atoms with Gasteiger partial charge in [-0.3, -0.25) is 0 Å². The maximum absolute atomic E-state index is 5.98. The van der Waals surface area contributed by atoms with Crippen molar-refractivity contribution in [2.24, 2.45) is 0 Å². The van der Waals surface area contributed by atoms with Gasteiger partial charge in [-0.15, -0.1) is 10.2 Å². The zero-order chi connectivity index (χ0) is 9.97. The first-order chi connectivity index (χ1) is 6.81. The van der Waals surface area contributed by atoms with E-state index in [1.165, 1.54) is 11.3 Å². The van der Waals surface area contributed by atoms with Crippen molar-refractivity contribution >= 4 is 22.9 Å². The van der Waals surface area contributed by atoms with Crippen molar-refractivity contribution in [2.75, 3.05) is 7.11 Å². The second kappa shape index (κ2) is 3.94. The van der Waals surface area contributed by atoms with Crippen LogP contribution in [0.15, 0.2) is 23.7 Å². The summed E-state index contributed by atoms with van der Waals surface area (Å²) in [7, 11) is 1.59. The van der Waals surface area contributed by atoms with E-state index in [9.17, 15) is 0 Å². The highest BCUT2D eigenvalue weighted by Crippen LogP contribution is 2.30. The summed E-state index contributed by atoms with van der Waals surface area (Å²) in [5, 5.41) is 9.16. The number of benzene rings is 1. The van der Waals surface area contributed by atoms with E-state index in [0.717, 1.165) is 10.6 Å². The minimum atomic E-state index is 0.584. The molecule has 0 amide bonds. The lowest BCUT2D eigenvalue weighted by atomic mass is 10.2. The molecule has 0 N–H and O–H groups in total. The Morgan fingerprint density at radius 2 is 2.29 bits per heavy atom. The Balaban J connectivity index is 2.43. The van der Waals surface area contributed by atoms with Crippen LogP contribution in [0.1, 0.15) is 0 Å². The first-order valence-corrected chi connectivity index (χ1v) is 5.17. The monoisotopic (exact) mass is 226 g/mol. The molecule has 0 unspecified atom stereocenters. The zero-order valence-electron chi connectivity index (χ0n) is 7.40. The number of methoxy groups -OCH3 is 1. The van der Waals surface area contributed by atoms with Gasteiger partial charge in [0.2, 0.25) is 0 Å². The normalized spacial score (nSPS) is 10.1. The summed E-state index contributed by atoms with van der Waals surface area (Å²) in [6, 6.07) is 5.55. The molecule has 0 fully saturated rings. The molecule has 0 saturated heterocycles. The Hall–Kier alpha value is -1.13. The second-order valence-electron chi connectivity index (χ2n) is 2.59. The minimum Gasteiger partial charge on any atom is -0.495 e. The highest BCUT2D eigenvalue weighted by Gasteiger charge is 2.05. The predicted molar refractivity (Wildman–Crippen MR) is 56.9 cm³/mol. The lowest BCUT2D eigenvalue weighted by Crippen LogP contribution is -1.84. The highest BCUT2D eigenvalue weighted by atomic mass is 35.5.